The van der Waals surface area contributed by atoms with Crippen molar-refractivity contribution in [2.24, 2.45) is 5.41 Å². The normalized spacial score (nSPS) is 23.2. The molecule has 2 heterocycles. The molecule has 4 nitrogen and oxygen atoms in total. The SMILES string of the molecule is COc1ccccc1CN1CCC2(Cc3ccccc3CNC2=O)C1. The Hall–Kier alpha value is -2.33. The highest BCUT2D eigenvalue weighted by atomic mass is 16.5. The van der Waals surface area contributed by atoms with Gasteiger partial charge in [0.1, 0.15) is 5.75 Å². The fraction of sp³-hybridized carbons (Fsp3) is 0.381. The van der Waals surface area contributed by atoms with E-state index in [0.29, 0.717) is 6.54 Å². The second-order valence-electron chi connectivity index (χ2n) is 7.18. The summed E-state index contributed by atoms with van der Waals surface area (Å²) in [7, 11) is 1.71. The first-order valence-corrected chi connectivity index (χ1v) is 8.89. The molecule has 1 saturated heterocycles. The molecule has 130 valence electrons. The average Bonchev–Trinajstić information content (AvgIpc) is 2.98. The molecular weight excluding hydrogens is 312 g/mol. The molecule has 0 bridgehead atoms. The van der Waals surface area contributed by atoms with Crippen LogP contribution in [0.5, 0.6) is 5.75 Å². The van der Waals surface area contributed by atoms with Gasteiger partial charge < -0.3 is 10.1 Å². The maximum absolute atomic E-state index is 12.9. The van der Waals surface area contributed by atoms with E-state index in [0.717, 1.165) is 38.2 Å². The van der Waals surface area contributed by atoms with E-state index in [-0.39, 0.29) is 11.3 Å². The van der Waals surface area contributed by atoms with Crippen molar-refractivity contribution < 1.29 is 9.53 Å². The molecule has 2 aromatic carbocycles. The zero-order valence-corrected chi connectivity index (χ0v) is 14.6. The lowest BCUT2D eigenvalue weighted by Crippen LogP contribution is -2.42. The number of fused-ring (bicyclic) bond motifs is 1. The quantitative estimate of drug-likeness (QED) is 0.937. The number of ether oxygens (including phenoxy) is 1. The Morgan fingerprint density at radius 3 is 2.72 bits per heavy atom. The summed E-state index contributed by atoms with van der Waals surface area (Å²) in [5, 5.41) is 3.15. The van der Waals surface area contributed by atoms with Crippen molar-refractivity contribution in [1.29, 1.82) is 0 Å². The maximum Gasteiger partial charge on any atom is 0.228 e. The molecule has 1 amide bonds. The largest absolute Gasteiger partial charge is 0.496 e. The number of rotatable bonds is 3. The number of nitrogens with one attached hydrogen (secondary N) is 1. The van der Waals surface area contributed by atoms with Crippen molar-refractivity contribution >= 4 is 5.91 Å². The molecule has 0 saturated carbocycles. The number of nitrogens with zero attached hydrogens (tertiary/aromatic N) is 1. The van der Waals surface area contributed by atoms with Crippen molar-refractivity contribution in [3.05, 3.63) is 65.2 Å². The van der Waals surface area contributed by atoms with E-state index >= 15 is 0 Å². The van der Waals surface area contributed by atoms with Crippen molar-refractivity contribution in [3.8, 4) is 5.75 Å². The van der Waals surface area contributed by atoms with E-state index in [9.17, 15) is 4.79 Å². The van der Waals surface area contributed by atoms with E-state index < -0.39 is 0 Å². The van der Waals surface area contributed by atoms with Crippen LogP contribution in [0.25, 0.3) is 0 Å². The molecule has 1 spiro atoms. The second kappa shape index (κ2) is 6.52. The van der Waals surface area contributed by atoms with Crippen LogP contribution in [0.2, 0.25) is 0 Å². The molecule has 2 aromatic rings. The number of amides is 1. The van der Waals surface area contributed by atoms with Gasteiger partial charge in [-0.1, -0.05) is 42.5 Å². The van der Waals surface area contributed by atoms with Crippen LogP contribution in [0.4, 0.5) is 0 Å². The van der Waals surface area contributed by atoms with Crippen molar-refractivity contribution in [3.63, 3.8) is 0 Å². The highest BCUT2D eigenvalue weighted by Crippen LogP contribution is 2.38. The topological polar surface area (TPSA) is 41.6 Å². The third-order valence-electron chi connectivity index (χ3n) is 5.59. The van der Waals surface area contributed by atoms with Crippen LogP contribution >= 0.6 is 0 Å². The molecule has 2 aliphatic rings. The lowest BCUT2D eigenvalue weighted by atomic mass is 9.80. The molecular formula is C21H24N2O2. The molecule has 1 atom stereocenters. The number of likely N-dealkylation sites (tertiary alicyclic amines) is 1. The first-order chi connectivity index (χ1) is 12.2. The van der Waals surface area contributed by atoms with Crippen LogP contribution in [0, 0.1) is 5.41 Å². The molecule has 4 heteroatoms. The van der Waals surface area contributed by atoms with E-state index in [2.05, 4.69) is 34.5 Å². The molecule has 25 heavy (non-hydrogen) atoms. The number of hydrogen-bond donors (Lipinski definition) is 1. The number of benzene rings is 2. The van der Waals surface area contributed by atoms with Crippen LogP contribution in [-0.2, 0) is 24.3 Å². The molecule has 1 N–H and O–H groups in total. The van der Waals surface area contributed by atoms with Crippen LogP contribution < -0.4 is 10.1 Å². The highest BCUT2D eigenvalue weighted by Gasteiger charge is 2.45. The van der Waals surface area contributed by atoms with Crippen LogP contribution in [0.15, 0.2) is 48.5 Å². The average molecular weight is 336 g/mol. The van der Waals surface area contributed by atoms with Gasteiger partial charge in [-0.3, -0.25) is 9.69 Å². The number of para-hydroxylation sites is 1. The zero-order valence-electron chi connectivity index (χ0n) is 14.6. The molecule has 1 fully saturated rings. The van der Waals surface area contributed by atoms with Crippen molar-refractivity contribution in [2.75, 3.05) is 20.2 Å². The number of carbonyl (C=O) groups excluding carboxylic acids is 1. The predicted molar refractivity (Wildman–Crippen MR) is 97.3 cm³/mol. The Morgan fingerprint density at radius 1 is 1.12 bits per heavy atom. The van der Waals surface area contributed by atoms with Crippen molar-refractivity contribution in [1.82, 2.24) is 10.2 Å². The molecule has 0 aliphatic carbocycles. The highest BCUT2D eigenvalue weighted by molar-refractivity contribution is 5.84. The number of carbonyl (C=O) groups is 1. The Kier molecular flexibility index (Phi) is 4.22. The molecule has 0 radical (unpaired) electrons. The minimum Gasteiger partial charge on any atom is -0.496 e. The fourth-order valence-electron chi connectivity index (χ4n) is 4.21. The third-order valence-corrected chi connectivity index (χ3v) is 5.59. The van der Waals surface area contributed by atoms with Gasteiger partial charge in [0.2, 0.25) is 5.91 Å². The minimum absolute atomic E-state index is 0.200. The Morgan fingerprint density at radius 2 is 1.88 bits per heavy atom. The van der Waals surface area contributed by atoms with Gasteiger partial charge in [-0.05, 0) is 36.6 Å². The summed E-state index contributed by atoms with van der Waals surface area (Å²) in [4.78, 5) is 15.2. The van der Waals surface area contributed by atoms with Crippen LogP contribution in [0.3, 0.4) is 0 Å². The van der Waals surface area contributed by atoms with E-state index in [1.165, 1.54) is 16.7 Å². The smallest absolute Gasteiger partial charge is 0.228 e. The van der Waals surface area contributed by atoms with E-state index in [1.54, 1.807) is 7.11 Å². The standard InChI is InChI=1S/C21H24N2O2/c1-25-19-9-5-4-8-18(19)14-23-11-10-21(15-23)12-16-6-2-3-7-17(16)13-22-20(21)24/h2-9H,10-15H2,1H3,(H,22,24). The maximum atomic E-state index is 12.9. The number of methoxy groups -OCH3 is 1. The number of hydrogen-bond acceptors (Lipinski definition) is 3. The zero-order chi connectivity index (χ0) is 17.3. The van der Waals surface area contributed by atoms with Gasteiger partial charge in [-0.15, -0.1) is 0 Å². The van der Waals surface area contributed by atoms with Gasteiger partial charge in [0, 0.05) is 25.2 Å². The van der Waals surface area contributed by atoms with E-state index in [1.807, 2.05) is 24.3 Å². The van der Waals surface area contributed by atoms with Crippen LogP contribution in [0.1, 0.15) is 23.1 Å². The monoisotopic (exact) mass is 336 g/mol. The Bertz CT molecular complexity index is 789. The fourth-order valence-corrected chi connectivity index (χ4v) is 4.21. The summed E-state index contributed by atoms with van der Waals surface area (Å²) in [5.74, 6) is 1.12. The molecule has 2 aliphatic heterocycles. The van der Waals surface area contributed by atoms with E-state index in [4.69, 9.17) is 4.74 Å². The van der Waals surface area contributed by atoms with Crippen molar-refractivity contribution in [2.45, 2.75) is 25.9 Å². The van der Waals surface area contributed by atoms with Crippen LogP contribution in [-0.4, -0.2) is 31.0 Å². The van der Waals surface area contributed by atoms with Gasteiger partial charge >= 0.3 is 0 Å². The predicted octanol–water partition coefficient (Wildman–Crippen LogP) is 2.76. The second-order valence-corrected chi connectivity index (χ2v) is 7.18. The first kappa shape index (κ1) is 16.2. The summed E-state index contributed by atoms with van der Waals surface area (Å²) < 4.78 is 5.47. The van der Waals surface area contributed by atoms with Gasteiger partial charge in [-0.2, -0.15) is 0 Å². The molecule has 4 rings (SSSR count). The van der Waals surface area contributed by atoms with Gasteiger partial charge in [0.25, 0.3) is 0 Å². The summed E-state index contributed by atoms with van der Waals surface area (Å²) in [6.07, 6.45) is 1.74. The Balaban J connectivity index is 1.55. The summed E-state index contributed by atoms with van der Waals surface area (Å²) in [5.41, 5.74) is 3.42. The summed E-state index contributed by atoms with van der Waals surface area (Å²) in [6, 6.07) is 16.5. The Labute approximate surface area is 148 Å². The lowest BCUT2D eigenvalue weighted by Gasteiger charge is -2.26. The molecule has 1 unspecified atom stereocenters. The van der Waals surface area contributed by atoms with Gasteiger partial charge in [-0.25, -0.2) is 0 Å². The first-order valence-electron chi connectivity index (χ1n) is 8.89. The molecule has 0 aromatic heterocycles. The summed E-state index contributed by atoms with van der Waals surface area (Å²) in [6.45, 7) is 3.20. The van der Waals surface area contributed by atoms with Gasteiger partial charge in [0.15, 0.2) is 0 Å². The minimum atomic E-state index is -0.311. The summed E-state index contributed by atoms with van der Waals surface area (Å²) >= 11 is 0. The van der Waals surface area contributed by atoms with Gasteiger partial charge in [0.05, 0.1) is 12.5 Å². The lowest BCUT2D eigenvalue weighted by molar-refractivity contribution is -0.130. The third kappa shape index (κ3) is 3.02.